The SMILES string of the molecule is O=c1n(Cc2nc3cnccc3n2-c2ccccc2)nnn1C1CC1. The van der Waals surface area contributed by atoms with Crippen LogP contribution in [0.2, 0.25) is 0 Å². The Balaban J connectivity index is 1.65. The van der Waals surface area contributed by atoms with Gasteiger partial charge in [-0.3, -0.25) is 9.55 Å². The number of tetrazole rings is 1. The fourth-order valence-corrected chi connectivity index (χ4v) is 3.02. The van der Waals surface area contributed by atoms with E-state index in [1.54, 1.807) is 12.4 Å². The van der Waals surface area contributed by atoms with Crippen LogP contribution in [0, 0.1) is 0 Å². The Bertz CT molecular complexity index is 1100. The molecule has 4 aromatic rings. The second kappa shape index (κ2) is 5.37. The van der Waals surface area contributed by atoms with Gasteiger partial charge in [-0.1, -0.05) is 18.2 Å². The zero-order chi connectivity index (χ0) is 16.8. The summed E-state index contributed by atoms with van der Waals surface area (Å²) in [5.41, 5.74) is 2.52. The van der Waals surface area contributed by atoms with E-state index in [0.717, 1.165) is 35.4 Å². The van der Waals surface area contributed by atoms with Gasteiger partial charge in [-0.2, -0.15) is 9.36 Å². The zero-order valence-electron chi connectivity index (χ0n) is 13.4. The lowest BCUT2D eigenvalue weighted by molar-refractivity contribution is 0.593. The lowest BCUT2D eigenvalue weighted by Gasteiger charge is -2.08. The lowest BCUT2D eigenvalue weighted by Crippen LogP contribution is -2.26. The first-order chi connectivity index (χ1) is 12.3. The number of hydrogen-bond donors (Lipinski definition) is 0. The Labute approximate surface area is 142 Å². The minimum Gasteiger partial charge on any atom is -0.295 e. The van der Waals surface area contributed by atoms with Crippen LogP contribution in [0.3, 0.4) is 0 Å². The molecule has 0 aliphatic heterocycles. The Hall–Kier alpha value is -3.29. The van der Waals surface area contributed by atoms with Crippen molar-refractivity contribution in [2.45, 2.75) is 25.4 Å². The molecule has 1 aliphatic carbocycles. The molecule has 1 aromatic carbocycles. The van der Waals surface area contributed by atoms with Gasteiger partial charge in [0.25, 0.3) is 0 Å². The first kappa shape index (κ1) is 14.1. The molecule has 0 radical (unpaired) electrons. The highest BCUT2D eigenvalue weighted by Gasteiger charge is 2.28. The fourth-order valence-electron chi connectivity index (χ4n) is 3.02. The summed E-state index contributed by atoms with van der Waals surface area (Å²) in [6, 6.07) is 12.1. The summed E-state index contributed by atoms with van der Waals surface area (Å²) in [5, 5.41) is 8.02. The van der Waals surface area contributed by atoms with Crippen molar-refractivity contribution in [3.63, 3.8) is 0 Å². The maximum atomic E-state index is 12.5. The third kappa shape index (κ3) is 2.34. The number of imidazole rings is 1. The normalized spacial score (nSPS) is 14.2. The van der Waals surface area contributed by atoms with Crippen LogP contribution < -0.4 is 5.69 Å². The van der Waals surface area contributed by atoms with Gasteiger partial charge in [-0.05, 0) is 41.5 Å². The topological polar surface area (TPSA) is 83.4 Å². The minimum atomic E-state index is -0.188. The summed E-state index contributed by atoms with van der Waals surface area (Å²) in [4.78, 5) is 21.3. The van der Waals surface area contributed by atoms with Crippen LogP contribution in [0.1, 0.15) is 24.7 Å². The van der Waals surface area contributed by atoms with Crippen molar-refractivity contribution in [3.05, 3.63) is 65.1 Å². The van der Waals surface area contributed by atoms with Crippen LogP contribution in [-0.2, 0) is 6.54 Å². The molecule has 1 fully saturated rings. The van der Waals surface area contributed by atoms with Crippen LogP contribution >= 0.6 is 0 Å². The van der Waals surface area contributed by atoms with Crippen molar-refractivity contribution in [1.29, 1.82) is 0 Å². The number of para-hydroxylation sites is 1. The molecule has 0 bridgehead atoms. The Kier molecular flexibility index (Phi) is 3.03. The van der Waals surface area contributed by atoms with Crippen molar-refractivity contribution < 1.29 is 0 Å². The summed E-state index contributed by atoms with van der Waals surface area (Å²) < 4.78 is 4.86. The van der Waals surface area contributed by atoms with E-state index in [2.05, 4.69) is 20.4 Å². The van der Waals surface area contributed by atoms with Gasteiger partial charge >= 0.3 is 5.69 Å². The molecular formula is C17H15N7O. The number of aromatic nitrogens is 7. The van der Waals surface area contributed by atoms with E-state index in [1.165, 1.54) is 9.36 Å². The van der Waals surface area contributed by atoms with Gasteiger partial charge in [0, 0.05) is 11.9 Å². The maximum Gasteiger partial charge on any atom is 0.364 e. The molecule has 8 nitrogen and oxygen atoms in total. The van der Waals surface area contributed by atoms with Crippen LogP contribution in [0.25, 0.3) is 16.7 Å². The highest BCUT2D eigenvalue weighted by molar-refractivity contribution is 5.77. The van der Waals surface area contributed by atoms with Gasteiger partial charge < -0.3 is 0 Å². The number of rotatable bonds is 4. The predicted octanol–water partition coefficient (Wildman–Crippen LogP) is 1.56. The molecule has 1 aliphatic rings. The molecule has 1 saturated carbocycles. The maximum absolute atomic E-state index is 12.5. The zero-order valence-corrected chi connectivity index (χ0v) is 13.4. The van der Waals surface area contributed by atoms with E-state index < -0.39 is 0 Å². The molecule has 0 saturated heterocycles. The van der Waals surface area contributed by atoms with Crippen molar-refractivity contribution >= 4 is 11.0 Å². The largest absolute Gasteiger partial charge is 0.364 e. The first-order valence-electron chi connectivity index (χ1n) is 8.20. The Morgan fingerprint density at radius 1 is 1.08 bits per heavy atom. The van der Waals surface area contributed by atoms with E-state index in [9.17, 15) is 4.79 Å². The quantitative estimate of drug-likeness (QED) is 0.566. The highest BCUT2D eigenvalue weighted by atomic mass is 16.2. The summed E-state index contributed by atoms with van der Waals surface area (Å²) >= 11 is 0. The molecule has 0 atom stereocenters. The van der Waals surface area contributed by atoms with Crippen LogP contribution in [0.4, 0.5) is 0 Å². The van der Waals surface area contributed by atoms with Crippen LogP contribution in [0.5, 0.6) is 0 Å². The average molecular weight is 333 g/mol. The predicted molar refractivity (Wildman–Crippen MR) is 90.5 cm³/mol. The van der Waals surface area contributed by atoms with E-state index in [0.29, 0.717) is 0 Å². The Morgan fingerprint density at radius 3 is 2.72 bits per heavy atom. The van der Waals surface area contributed by atoms with Crippen LogP contribution in [-0.4, -0.2) is 34.3 Å². The molecule has 25 heavy (non-hydrogen) atoms. The highest BCUT2D eigenvalue weighted by Crippen LogP contribution is 2.32. The number of fused-ring (bicyclic) bond motifs is 1. The van der Waals surface area contributed by atoms with Gasteiger partial charge in [0.15, 0.2) is 0 Å². The third-order valence-electron chi connectivity index (χ3n) is 4.39. The molecule has 0 spiro atoms. The number of benzene rings is 1. The fraction of sp³-hybridized carbons (Fsp3) is 0.235. The third-order valence-corrected chi connectivity index (χ3v) is 4.39. The van der Waals surface area contributed by atoms with Crippen molar-refractivity contribution in [2.75, 3.05) is 0 Å². The smallest absolute Gasteiger partial charge is 0.295 e. The van der Waals surface area contributed by atoms with Crippen molar-refractivity contribution in [3.8, 4) is 5.69 Å². The molecule has 124 valence electrons. The molecule has 0 unspecified atom stereocenters. The Morgan fingerprint density at radius 2 is 1.92 bits per heavy atom. The van der Waals surface area contributed by atoms with Crippen molar-refractivity contribution in [2.24, 2.45) is 0 Å². The van der Waals surface area contributed by atoms with Gasteiger partial charge in [-0.25, -0.2) is 9.78 Å². The van der Waals surface area contributed by atoms with Gasteiger partial charge in [0.1, 0.15) is 17.9 Å². The molecular weight excluding hydrogens is 318 g/mol. The second-order valence-electron chi connectivity index (χ2n) is 6.16. The van der Waals surface area contributed by atoms with E-state index in [-0.39, 0.29) is 18.3 Å². The molecule has 0 amide bonds. The van der Waals surface area contributed by atoms with Gasteiger partial charge in [-0.15, -0.1) is 0 Å². The van der Waals surface area contributed by atoms with Crippen LogP contribution in [0.15, 0.2) is 53.6 Å². The lowest BCUT2D eigenvalue weighted by atomic mass is 10.3. The monoisotopic (exact) mass is 333 g/mol. The van der Waals surface area contributed by atoms with E-state index in [4.69, 9.17) is 0 Å². The first-order valence-corrected chi connectivity index (χ1v) is 8.20. The standard InChI is InChI=1S/C17H15N7O/c25-17-22(20-21-24(17)13-6-7-13)11-16-19-14-10-18-9-8-15(14)23(16)12-4-2-1-3-5-12/h1-5,8-10,13H,6-7,11H2. The number of pyridine rings is 1. The van der Waals surface area contributed by atoms with Crippen molar-refractivity contribution in [1.82, 2.24) is 34.3 Å². The van der Waals surface area contributed by atoms with E-state index >= 15 is 0 Å². The summed E-state index contributed by atoms with van der Waals surface area (Å²) in [5.74, 6) is 0.721. The van der Waals surface area contributed by atoms with Gasteiger partial charge in [0.05, 0.1) is 17.8 Å². The van der Waals surface area contributed by atoms with Gasteiger partial charge in [0.2, 0.25) is 0 Å². The molecule has 3 aromatic heterocycles. The summed E-state index contributed by atoms with van der Waals surface area (Å²) in [7, 11) is 0. The minimum absolute atomic E-state index is 0.188. The van der Waals surface area contributed by atoms with E-state index in [1.807, 2.05) is 41.0 Å². The number of nitrogens with zero attached hydrogens (tertiary/aromatic N) is 7. The average Bonchev–Trinajstić information content (AvgIpc) is 3.33. The summed E-state index contributed by atoms with van der Waals surface area (Å²) in [6.45, 7) is 0.259. The number of hydrogen-bond acceptors (Lipinski definition) is 5. The molecule has 5 rings (SSSR count). The molecule has 8 heteroatoms. The summed E-state index contributed by atoms with van der Waals surface area (Å²) in [6.07, 6.45) is 5.45. The molecule has 3 heterocycles. The second-order valence-corrected chi connectivity index (χ2v) is 6.16. The molecule has 0 N–H and O–H groups in total.